The Labute approximate surface area is 188 Å². The van der Waals surface area contributed by atoms with Crippen molar-refractivity contribution in [3.8, 4) is 0 Å². The van der Waals surface area contributed by atoms with Crippen LogP contribution in [0.25, 0.3) is 0 Å². The van der Waals surface area contributed by atoms with Gasteiger partial charge in [0.25, 0.3) is 20.2 Å². The maximum Gasteiger partial charge on any atom is 0.281 e. The minimum Gasteiger partial charge on any atom is -0.326 e. The maximum atomic E-state index is 12.7. The van der Waals surface area contributed by atoms with E-state index in [1.165, 1.54) is 48.9 Å². The van der Waals surface area contributed by atoms with E-state index >= 15 is 0 Å². The number of nitrogens with one attached hydrogen (secondary N) is 2. The maximum absolute atomic E-state index is 12.7. The average molecular weight is 483 g/mol. The first kappa shape index (κ1) is 24.0. The van der Waals surface area contributed by atoms with Crippen molar-refractivity contribution in [2.75, 3.05) is 37.2 Å². The van der Waals surface area contributed by atoms with Crippen LogP contribution in [0.2, 0.25) is 0 Å². The fraction of sp³-hybridized carbons (Fsp3) is 0.421. The number of carbonyl (C=O) groups is 1. The molecule has 0 radical (unpaired) electrons. The van der Waals surface area contributed by atoms with Gasteiger partial charge in [0.1, 0.15) is 0 Å². The number of amides is 1. The Morgan fingerprint density at radius 2 is 1.81 bits per heavy atom. The molecule has 1 atom stereocenters. The van der Waals surface area contributed by atoms with Gasteiger partial charge in [-0.1, -0.05) is 0 Å². The summed E-state index contributed by atoms with van der Waals surface area (Å²) >= 11 is 0. The zero-order chi connectivity index (χ0) is 23.5. The highest BCUT2D eigenvalue weighted by Gasteiger charge is 2.33. The van der Waals surface area contributed by atoms with Crippen molar-refractivity contribution in [1.29, 1.82) is 0 Å². The third-order valence-electron chi connectivity index (χ3n) is 5.00. The van der Waals surface area contributed by atoms with Gasteiger partial charge in [-0.05, 0) is 50.1 Å². The first-order valence-corrected chi connectivity index (χ1v) is 12.8. The van der Waals surface area contributed by atoms with E-state index in [2.05, 4.69) is 20.0 Å². The number of piperidine rings is 1. The van der Waals surface area contributed by atoms with Crippen molar-refractivity contribution in [2.24, 2.45) is 5.92 Å². The number of sulfonamides is 1. The fourth-order valence-electron chi connectivity index (χ4n) is 3.24. The lowest BCUT2D eigenvalue weighted by molar-refractivity contribution is -0.120. The third-order valence-corrected chi connectivity index (χ3v) is 8.25. The summed E-state index contributed by atoms with van der Waals surface area (Å²) in [6, 6.07) is 7.31. The normalized spacial score (nSPS) is 17.8. The van der Waals surface area contributed by atoms with Crippen LogP contribution in [0.3, 0.4) is 0 Å². The molecule has 174 valence electrons. The van der Waals surface area contributed by atoms with Gasteiger partial charge in [0, 0.05) is 44.8 Å². The Morgan fingerprint density at radius 3 is 2.44 bits per heavy atom. The Morgan fingerprint density at radius 1 is 1.12 bits per heavy atom. The molecule has 11 nitrogen and oxygen atoms in total. The Bertz CT molecular complexity index is 1180. The van der Waals surface area contributed by atoms with E-state index in [0.717, 1.165) is 4.31 Å². The molecule has 13 heteroatoms. The Kier molecular flexibility index (Phi) is 7.12. The molecule has 32 heavy (non-hydrogen) atoms. The fourth-order valence-corrected chi connectivity index (χ4v) is 5.38. The minimum atomic E-state index is -3.89. The smallest absolute Gasteiger partial charge is 0.281 e. The summed E-state index contributed by atoms with van der Waals surface area (Å²) in [5.41, 5.74) is 1.03. The molecule has 1 fully saturated rings. The number of anilines is 2. The number of nitrogens with zero attached hydrogens (tertiary/aromatic N) is 4. The van der Waals surface area contributed by atoms with Crippen LogP contribution >= 0.6 is 0 Å². The first-order valence-electron chi connectivity index (χ1n) is 9.90. The number of aryl methyl sites for hydroxylation is 1. The number of aromatic nitrogens is 2. The monoisotopic (exact) mass is 482 g/mol. The van der Waals surface area contributed by atoms with E-state index in [0.29, 0.717) is 30.8 Å². The molecule has 1 aromatic carbocycles. The van der Waals surface area contributed by atoms with Crippen LogP contribution in [-0.2, 0) is 25.0 Å². The topological polar surface area (TPSA) is 142 Å². The van der Waals surface area contributed by atoms with Crippen LogP contribution in [0.15, 0.2) is 41.4 Å². The van der Waals surface area contributed by atoms with Crippen molar-refractivity contribution in [3.05, 3.63) is 42.2 Å². The number of carbonyl (C=O) groups excluding carboxylic acids is 1. The second kappa shape index (κ2) is 9.48. The molecule has 3 rings (SSSR count). The summed E-state index contributed by atoms with van der Waals surface area (Å²) in [5.74, 6) is -0.843. The molecule has 0 unspecified atom stereocenters. The predicted octanol–water partition coefficient (Wildman–Crippen LogP) is 1.04. The zero-order valence-electron chi connectivity index (χ0n) is 18.0. The quantitative estimate of drug-likeness (QED) is 0.600. The van der Waals surface area contributed by atoms with Crippen molar-refractivity contribution in [2.45, 2.75) is 24.7 Å². The molecule has 2 heterocycles. The van der Waals surface area contributed by atoms with Crippen LogP contribution in [0.5, 0.6) is 0 Å². The molecule has 1 aliphatic rings. The van der Waals surface area contributed by atoms with Gasteiger partial charge in [0.05, 0.1) is 10.8 Å². The van der Waals surface area contributed by atoms with Crippen LogP contribution in [0, 0.1) is 12.8 Å². The molecule has 1 aliphatic heterocycles. The largest absolute Gasteiger partial charge is 0.326 e. The second-order valence-corrected chi connectivity index (χ2v) is 11.5. The standard InChI is InChI=1S/C19H26N6O5S2/c1-14-10-11-20-19(21-14)23-31(27,28)17-8-6-16(7-9-17)22-18(26)15-5-4-12-25(13-15)32(29,30)24(2)3/h6-11,15H,4-5,12-13H2,1-3H3,(H,22,26)(H,20,21,23)/t15-/m1/s1. The number of benzene rings is 1. The van der Waals surface area contributed by atoms with E-state index in [9.17, 15) is 21.6 Å². The Balaban J connectivity index is 1.65. The lowest BCUT2D eigenvalue weighted by Gasteiger charge is -2.32. The molecule has 1 amide bonds. The van der Waals surface area contributed by atoms with Gasteiger partial charge < -0.3 is 5.32 Å². The summed E-state index contributed by atoms with van der Waals surface area (Å²) in [4.78, 5) is 20.6. The van der Waals surface area contributed by atoms with Crippen molar-refractivity contribution < 1.29 is 21.6 Å². The minimum absolute atomic E-state index is 0.0125. The molecular formula is C19H26N6O5S2. The molecule has 0 aliphatic carbocycles. The van der Waals surface area contributed by atoms with Crippen molar-refractivity contribution in [1.82, 2.24) is 18.6 Å². The highest BCUT2D eigenvalue weighted by Crippen LogP contribution is 2.23. The second-order valence-electron chi connectivity index (χ2n) is 7.63. The summed E-state index contributed by atoms with van der Waals surface area (Å²) < 4.78 is 54.5. The molecule has 0 saturated carbocycles. The van der Waals surface area contributed by atoms with E-state index in [-0.39, 0.29) is 23.3 Å². The van der Waals surface area contributed by atoms with Gasteiger partial charge >= 0.3 is 0 Å². The van der Waals surface area contributed by atoms with Crippen molar-refractivity contribution in [3.63, 3.8) is 0 Å². The highest BCUT2D eigenvalue weighted by molar-refractivity contribution is 7.92. The molecular weight excluding hydrogens is 456 g/mol. The zero-order valence-corrected chi connectivity index (χ0v) is 19.6. The van der Waals surface area contributed by atoms with Gasteiger partial charge in [-0.25, -0.2) is 23.1 Å². The predicted molar refractivity (Wildman–Crippen MR) is 120 cm³/mol. The summed E-state index contributed by atoms with van der Waals surface area (Å²) in [7, 11) is -4.57. The van der Waals surface area contributed by atoms with Crippen molar-refractivity contribution >= 4 is 37.8 Å². The van der Waals surface area contributed by atoms with E-state index in [4.69, 9.17) is 0 Å². The van der Waals surface area contributed by atoms with Gasteiger partial charge in [0.2, 0.25) is 11.9 Å². The average Bonchev–Trinajstić information content (AvgIpc) is 2.74. The van der Waals surface area contributed by atoms with Gasteiger partial charge in [0.15, 0.2) is 0 Å². The summed E-state index contributed by atoms with van der Waals surface area (Å²) in [6.07, 6.45) is 2.60. The van der Waals surface area contributed by atoms with Crippen LogP contribution < -0.4 is 10.0 Å². The van der Waals surface area contributed by atoms with Gasteiger partial charge in [-0.3, -0.25) is 4.79 Å². The number of hydrogen-bond acceptors (Lipinski definition) is 7. The number of hydrogen-bond donors (Lipinski definition) is 2. The van der Waals surface area contributed by atoms with Crippen LogP contribution in [-0.4, -0.2) is 68.5 Å². The van der Waals surface area contributed by atoms with E-state index in [1.54, 1.807) is 13.0 Å². The summed E-state index contributed by atoms with van der Waals surface area (Å²) in [6.45, 7) is 2.19. The van der Waals surface area contributed by atoms with Gasteiger partial charge in [-0.2, -0.15) is 17.0 Å². The third kappa shape index (κ3) is 5.59. The van der Waals surface area contributed by atoms with E-state index < -0.39 is 26.2 Å². The molecule has 2 N–H and O–H groups in total. The summed E-state index contributed by atoms with van der Waals surface area (Å²) in [5, 5.41) is 2.73. The van der Waals surface area contributed by atoms with Gasteiger partial charge in [-0.15, -0.1) is 0 Å². The first-order chi connectivity index (χ1) is 15.0. The SMILES string of the molecule is Cc1ccnc(NS(=O)(=O)c2ccc(NC(=O)[C@@H]3CCCN(S(=O)(=O)N(C)C)C3)cc2)n1. The molecule has 0 spiro atoms. The van der Waals surface area contributed by atoms with Crippen LogP contribution in [0.4, 0.5) is 11.6 Å². The molecule has 1 saturated heterocycles. The van der Waals surface area contributed by atoms with Crippen LogP contribution in [0.1, 0.15) is 18.5 Å². The van der Waals surface area contributed by atoms with E-state index in [1.807, 2.05) is 0 Å². The molecule has 2 aromatic rings. The Hall–Kier alpha value is -2.61. The molecule has 0 bridgehead atoms. The number of rotatable bonds is 7. The lowest BCUT2D eigenvalue weighted by Crippen LogP contribution is -2.47. The molecule has 1 aromatic heterocycles. The lowest BCUT2D eigenvalue weighted by atomic mass is 9.99. The highest BCUT2D eigenvalue weighted by atomic mass is 32.2.